The van der Waals surface area contributed by atoms with E-state index in [4.69, 9.17) is 4.74 Å². The van der Waals surface area contributed by atoms with Crippen LogP contribution in [0.4, 0.5) is 13.2 Å². The van der Waals surface area contributed by atoms with Gasteiger partial charge in [0.15, 0.2) is 11.3 Å². The first kappa shape index (κ1) is 15.8. The third kappa shape index (κ3) is 2.78. The van der Waals surface area contributed by atoms with Crippen LogP contribution in [0.2, 0.25) is 0 Å². The van der Waals surface area contributed by atoms with E-state index in [0.717, 1.165) is 10.6 Å². The zero-order chi connectivity index (χ0) is 16.8. The molecule has 23 heavy (non-hydrogen) atoms. The molecule has 0 aliphatic rings. The fraction of sp³-hybridized carbons (Fsp3) is 0.200. The summed E-state index contributed by atoms with van der Waals surface area (Å²) < 4.78 is 46.5. The normalized spacial score (nSPS) is 11.9. The van der Waals surface area contributed by atoms with Crippen LogP contribution in [-0.2, 0) is 6.18 Å². The Morgan fingerprint density at radius 2 is 1.96 bits per heavy atom. The molecule has 0 bridgehead atoms. The molecule has 2 aromatic heterocycles. The first-order valence-corrected chi connectivity index (χ1v) is 7.38. The standard InChI is InChI=1S/C15H11BrF3N3O/c1-8-13(16)14-20-11(9-4-3-5-10(6-9)23-2)7-12(15(17,18)19)22(14)21-8/h3-7H,1-2H3. The smallest absolute Gasteiger partial charge is 0.433 e. The fourth-order valence-electron chi connectivity index (χ4n) is 2.23. The van der Waals surface area contributed by atoms with Crippen LogP contribution in [0.25, 0.3) is 16.9 Å². The van der Waals surface area contributed by atoms with Gasteiger partial charge in [0.2, 0.25) is 0 Å². The summed E-state index contributed by atoms with van der Waals surface area (Å²) in [6.07, 6.45) is -4.55. The minimum absolute atomic E-state index is 0.121. The maximum atomic E-state index is 13.4. The van der Waals surface area contributed by atoms with Crippen molar-refractivity contribution in [2.45, 2.75) is 13.1 Å². The fourth-order valence-corrected chi connectivity index (χ4v) is 2.57. The Balaban J connectivity index is 2.32. The summed E-state index contributed by atoms with van der Waals surface area (Å²) in [5, 5.41) is 3.91. The molecule has 0 N–H and O–H groups in total. The van der Waals surface area contributed by atoms with Gasteiger partial charge in [-0.25, -0.2) is 9.50 Å². The summed E-state index contributed by atoms with van der Waals surface area (Å²) in [6, 6.07) is 7.71. The van der Waals surface area contributed by atoms with Crippen LogP contribution in [0.3, 0.4) is 0 Å². The SMILES string of the molecule is COc1cccc(-c2cc(C(F)(F)F)n3nc(C)c(Br)c3n2)c1. The molecular weight excluding hydrogens is 375 g/mol. The number of nitrogens with zero attached hydrogens (tertiary/aromatic N) is 3. The predicted molar refractivity (Wildman–Crippen MR) is 82.4 cm³/mol. The summed E-state index contributed by atoms with van der Waals surface area (Å²) in [5.74, 6) is 0.543. The molecule has 3 rings (SSSR count). The van der Waals surface area contributed by atoms with Gasteiger partial charge in [0.05, 0.1) is 23.0 Å². The lowest BCUT2D eigenvalue weighted by atomic mass is 10.1. The third-order valence-electron chi connectivity index (χ3n) is 3.35. The van der Waals surface area contributed by atoms with Crippen molar-refractivity contribution in [3.63, 3.8) is 0 Å². The molecule has 0 saturated carbocycles. The van der Waals surface area contributed by atoms with Gasteiger partial charge in [0, 0.05) is 5.56 Å². The third-order valence-corrected chi connectivity index (χ3v) is 4.28. The van der Waals surface area contributed by atoms with Crippen LogP contribution < -0.4 is 4.74 Å². The molecule has 0 saturated heterocycles. The van der Waals surface area contributed by atoms with E-state index in [2.05, 4.69) is 26.0 Å². The summed E-state index contributed by atoms with van der Waals surface area (Å²) in [5.41, 5.74) is 0.405. The Kier molecular flexibility index (Phi) is 3.79. The summed E-state index contributed by atoms with van der Waals surface area (Å²) >= 11 is 3.25. The van der Waals surface area contributed by atoms with E-state index in [1.807, 2.05) is 0 Å². The van der Waals surface area contributed by atoms with E-state index in [0.29, 0.717) is 21.5 Å². The van der Waals surface area contributed by atoms with Gasteiger partial charge in [-0.2, -0.15) is 18.3 Å². The van der Waals surface area contributed by atoms with Gasteiger partial charge < -0.3 is 4.74 Å². The lowest BCUT2D eigenvalue weighted by molar-refractivity contribution is -0.142. The van der Waals surface area contributed by atoms with Crippen molar-refractivity contribution in [1.29, 1.82) is 0 Å². The van der Waals surface area contributed by atoms with Crippen molar-refractivity contribution in [3.8, 4) is 17.0 Å². The first-order chi connectivity index (χ1) is 10.8. The number of ether oxygens (including phenoxy) is 1. The van der Waals surface area contributed by atoms with E-state index < -0.39 is 11.9 Å². The van der Waals surface area contributed by atoms with E-state index in [1.54, 1.807) is 31.2 Å². The molecule has 0 fully saturated rings. The lowest BCUT2D eigenvalue weighted by Gasteiger charge is -2.11. The number of benzene rings is 1. The number of aromatic nitrogens is 3. The lowest BCUT2D eigenvalue weighted by Crippen LogP contribution is -2.13. The van der Waals surface area contributed by atoms with Crippen molar-refractivity contribution < 1.29 is 17.9 Å². The highest BCUT2D eigenvalue weighted by atomic mass is 79.9. The quantitative estimate of drug-likeness (QED) is 0.652. The number of aryl methyl sites for hydroxylation is 1. The summed E-state index contributed by atoms with van der Waals surface area (Å²) in [7, 11) is 1.49. The second kappa shape index (κ2) is 5.52. The first-order valence-electron chi connectivity index (χ1n) is 6.59. The molecule has 1 aromatic carbocycles. The van der Waals surface area contributed by atoms with Gasteiger partial charge in [0.25, 0.3) is 0 Å². The topological polar surface area (TPSA) is 39.4 Å². The number of hydrogen-bond donors (Lipinski definition) is 0. The minimum atomic E-state index is -4.55. The van der Waals surface area contributed by atoms with Crippen LogP contribution in [0.5, 0.6) is 5.75 Å². The van der Waals surface area contributed by atoms with Gasteiger partial charge in [-0.1, -0.05) is 12.1 Å². The highest BCUT2D eigenvalue weighted by Gasteiger charge is 2.35. The van der Waals surface area contributed by atoms with Crippen LogP contribution in [0.15, 0.2) is 34.8 Å². The summed E-state index contributed by atoms with van der Waals surface area (Å²) in [6.45, 7) is 1.62. The second-order valence-corrected chi connectivity index (χ2v) is 5.68. The number of halogens is 4. The van der Waals surface area contributed by atoms with Crippen molar-refractivity contribution in [2.75, 3.05) is 7.11 Å². The molecule has 0 amide bonds. The molecule has 3 aromatic rings. The molecule has 8 heteroatoms. The Morgan fingerprint density at radius 3 is 2.61 bits per heavy atom. The van der Waals surface area contributed by atoms with E-state index in [9.17, 15) is 13.2 Å². The molecule has 0 radical (unpaired) electrons. The zero-order valence-corrected chi connectivity index (χ0v) is 13.7. The number of fused-ring (bicyclic) bond motifs is 1. The Hall–Kier alpha value is -2.09. The number of rotatable bonds is 2. The highest BCUT2D eigenvalue weighted by Crippen LogP contribution is 2.34. The maximum Gasteiger partial charge on any atom is 0.433 e. The van der Waals surface area contributed by atoms with Crippen molar-refractivity contribution in [3.05, 3.63) is 46.2 Å². The minimum Gasteiger partial charge on any atom is -0.497 e. The average molecular weight is 386 g/mol. The van der Waals surface area contributed by atoms with Gasteiger partial charge in [-0.3, -0.25) is 0 Å². The summed E-state index contributed by atoms with van der Waals surface area (Å²) in [4.78, 5) is 4.31. The van der Waals surface area contributed by atoms with Gasteiger partial charge >= 0.3 is 6.18 Å². The Labute approximate surface area is 138 Å². The monoisotopic (exact) mass is 385 g/mol. The molecular formula is C15H11BrF3N3O. The van der Waals surface area contributed by atoms with Crippen LogP contribution in [0, 0.1) is 6.92 Å². The Bertz CT molecular complexity index is 890. The molecule has 0 aliphatic carbocycles. The largest absolute Gasteiger partial charge is 0.497 e. The van der Waals surface area contributed by atoms with E-state index in [-0.39, 0.29) is 11.3 Å². The molecule has 0 atom stereocenters. The molecule has 0 spiro atoms. The van der Waals surface area contributed by atoms with Gasteiger partial charge in [-0.05, 0) is 41.1 Å². The van der Waals surface area contributed by atoms with Crippen molar-refractivity contribution >= 4 is 21.6 Å². The van der Waals surface area contributed by atoms with Gasteiger partial charge in [-0.15, -0.1) is 0 Å². The molecule has 0 aliphatic heterocycles. The highest BCUT2D eigenvalue weighted by molar-refractivity contribution is 9.10. The average Bonchev–Trinajstić information content (AvgIpc) is 2.80. The number of methoxy groups -OCH3 is 1. The molecule has 4 nitrogen and oxygen atoms in total. The molecule has 120 valence electrons. The Morgan fingerprint density at radius 1 is 1.22 bits per heavy atom. The number of alkyl halides is 3. The maximum absolute atomic E-state index is 13.4. The molecule has 2 heterocycles. The van der Waals surface area contributed by atoms with E-state index in [1.165, 1.54) is 7.11 Å². The number of hydrogen-bond acceptors (Lipinski definition) is 3. The van der Waals surface area contributed by atoms with Crippen molar-refractivity contribution in [1.82, 2.24) is 14.6 Å². The van der Waals surface area contributed by atoms with Gasteiger partial charge in [0.1, 0.15) is 5.75 Å². The van der Waals surface area contributed by atoms with Crippen LogP contribution in [-0.4, -0.2) is 21.7 Å². The van der Waals surface area contributed by atoms with Crippen LogP contribution >= 0.6 is 15.9 Å². The second-order valence-electron chi connectivity index (χ2n) is 4.89. The van der Waals surface area contributed by atoms with Crippen LogP contribution in [0.1, 0.15) is 11.4 Å². The molecule has 0 unspecified atom stereocenters. The van der Waals surface area contributed by atoms with E-state index >= 15 is 0 Å². The van der Waals surface area contributed by atoms with Crippen molar-refractivity contribution in [2.24, 2.45) is 0 Å². The predicted octanol–water partition coefficient (Wildman–Crippen LogP) is 4.49. The zero-order valence-electron chi connectivity index (χ0n) is 12.1.